The number of nitrogens with zero attached hydrogens (tertiary/aromatic N) is 2. The van der Waals surface area contributed by atoms with Crippen molar-refractivity contribution in [2.24, 2.45) is 7.05 Å². The van der Waals surface area contributed by atoms with E-state index in [-0.39, 0.29) is 12.3 Å². The van der Waals surface area contributed by atoms with Crippen LogP contribution in [-0.2, 0) is 18.3 Å². The second kappa shape index (κ2) is 5.86. The van der Waals surface area contributed by atoms with E-state index in [1.807, 2.05) is 20.8 Å². The summed E-state index contributed by atoms with van der Waals surface area (Å²) in [6, 6.07) is 1.75. The van der Waals surface area contributed by atoms with Crippen molar-refractivity contribution in [2.45, 2.75) is 45.6 Å². The number of carbonyl (C=O) groups is 2. The highest BCUT2D eigenvalue weighted by molar-refractivity contribution is 5.93. The lowest BCUT2D eigenvalue weighted by molar-refractivity contribution is -0.137. The number of aliphatic carboxylic acids is 1. The molecule has 0 bridgehead atoms. The van der Waals surface area contributed by atoms with Crippen molar-refractivity contribution < 1.29 is 14.7 Å². The Morgan fingerprint density at radius 1 is 1.47 bits per heavy atom. The van der Waals surface area contributed by atoms with Crippen molar-refractivity contribution in [1.29, 1.82) is 0 Å². The molecule has 1 aromatic rings. The van der Waals surface area contributed by atoms with Crippen LogP contribution < -0.4 is 5.32 Å². The number of hydrogen-bond donors (Lipinski definition) is 2. The molecule has 0 unspecified atom stereocenters. The zero-order valence-corrected chi connectivity index (χ0v) is 11.9. The topological polar surface area (TPSA) is 84.2 Å². The smallest absolute Gasteiger partial charge is 0.303 e. The summed E-state index contributed by atoms with van der Waals surface area (Å²) in [5.41, 5.74) is 0.780. The predicted octanol–water partition coefficient (Wildman–Crippen LogP) is 1.36. The van der Waals surface area contributed by atoms with Crippen LogP contribution in [0.2, 0.25) is 0 Å². The van der Waals surface area contributed by atoms with Crippen molar-refractivity contribution in [2.75, 3.05) is 0 Å². The van der Waals surface area contributed by atoms with E-state index in [1.54, 1.807) is 17.8 Å². The third-order valence-corrected chi connectivity index (χ3v) is 2.94. The van der Waals surface area contributed by atoms with Crippen molar-refractivity contribution in [1.82, 2.24) is 15.1 Å². The molecule has 1 rings (SSSR count). The van der Waals surface area contributed by atoms with Gasteiger partial charge in [0, 0.05) is 19.0 Å². The highest BCUT2D eigenvalue weighted by atomic mass is 16.4. The third-order valence-electron chi connectivity index (χ3n) is 2.94. The molecule has 106 valence electrons. The number of rotatable bonds is 6. The zero-order valence-electron chi connectivity index (χ0n) is 11.9. The number of carboxylic acid groups (broad SMARTS) is 1. The molecule has 1 amide bonds. The fourth-order valence-corrected chi connectivity index (χ4v) is 1.77. The van der Waals surface area contributed by atoms with Gasteiger partial charge in [-0.15, -0.1) is 0 Å². The molecule has 19 heavy (non-hydrogen) atoms. The van der Waals surface area contributed by atoms with Crippen LogP contribution in [0.15, 0.2) is 6.07 Å². The van der Waals surface area contributed by atoms with Crippen LogP contribution >= 0.6 is 0 Å². The van der Waals surface area contributed by atoms with E-state index >= 15 is 0 Å². The number of amides is 1. The van der Waals surface area contributed by atoms with Gasteiger partial charge in [-0.2, -0.15) is 5.10 Å². The van der Waals surface area contributed by atoms with Crippen LogP contribution in [0.5, 0.6) is 0 Å². The lowest BCUT2D eigenvalue weighted by atomic mass is 9.98. The molecule has 6 nitrogen and oxygen atoms in total. The van der Waals surface area contributed by atoms with Crippen molar-refractivity contribution in [3.63, 3.8) is 0 Å². The van der Waals surface area contributed by atoms with Crippen LogP contribution in [0.25, 0.3) is 0 Å². The highest BCUT2D eigenvalue weighted by Crippen LogP contribution is 2.13. The molecule has 1 aromatic heterocycles. The SMILES string of the molecule is CCc1cc(C(=O)NC(C)(C)CCC(=O)O)n(C)n1. The molecule has 0 aliphatic carbocycles. The van der Waals surface area contributed by atoms with Gasteiger partial charge in [-0.1, -0.05) is 6.92 Å². The molecule has 0 aromatic carbocycles. The van der Waals surface area contributed by atoms with Gasteiger partial charge < -0.3 is 10.4 Å². The monoisotopic (exact) mass is 267 g/mol. The Balaban J connectivity index is 2.72. The number of nitrogens with one attached hydrogen (secondary N) is 1. The summed E-state index contributed by atoms with van der Waals surface area (Å²) in [5, 5.41) is 15.7. The second-order valence-electron chi connectivity index (χ2n) is 5.23. The molecule has 0 aliphatic rings. The summed E-state index contributed by atoms with van der Waals surface area (Å²) >= 11 is 0. The van der Waals surface area contributed by atoms with Gasteiger partial charge in [-0.05, 0) is 32.8 Å². The Bertz CT molecular complexity index is 477. The summed E-state index contributed by atoms with van der Waals surface area (Å²) in [4.78, 5) is 22.7. The van der Waals surface area contributed by atoms with Gasteiger partial charge in [0.15, 0.2) is 0 Å². The van der Waals surface area contributed by atoms with Gasteiger partial charge in [0.1, 0.15) is 5.69 Å². The fourth-order valence-electron chi connectivity index (χ4n) is 1.77. The van der Waals surface area contributed by atoms with Crippen molar-refractivity contribution in [3.05, 3.63) is 17.5 Å². The molecular formula is C13H21N3O3. The molecule has 0 spiro atoms. The Morgan fingerprint density at radius 2 is 2.11 bits per heavy atom. The lowest BCUT2D eigenvalue weighted by Crippen LogP contribution is -2.44. The minimum absolute atomic E-state index is 0.0267. The van der Waals surface area contributed by atoms with Gasteiger partial charge in [0.25, 0.3) is 5.91 Å². The van der Waals surface area contributed by atoms with Gasteiger partial charge in [-0.3, -0.25) is 14.3 Å². The first kappa shape index (κ1) is 15.2. The average molecular weight is 267 g/mol. The maximum absolute atomic E-state index is 12.1. The van der Waals surface area contributed by atoms with E-state index in [0.29, 0.717) is 12.1 Å². The van der Waals surface area contributed by atoms with E-state index in [4.69, 9.17) is 5.11 Å². The Hall–Kier alpha value is -1.85. The first-order valence-corrected chi connectivity index (χ1v) is 6.32. The average Bonchev–Trinajstić information content (AvgIpc) is 2.68. The molecule has 1 heterocycles. The lowest BCUT2D eigenvalue weighted by Gasteiger charge is -2.25. The highest BCUT2D eigenvalue weighted by Gasteiger charge is 2.23. The van der Waals surface area contributed by atoms with Crippen LogP contribution in [0.4, 0.5) is 0 Å². The summed E-state index contributed by atoms with van der Waals surface area (Å²) in [6.07, 6.45) is 1.18. The minimum atomic E-state index is -0.865. The van der Waals surface area contributed by atoms with E-state index < -0.39 is 11.5 Å². The Labute approximate surface area is 112 Å². The number of carboxylic acids is 1. The normalized spacial score (nSPS) is 11.4. The second-order valence-corrected chi connectivity index (χ2v) is 5.23. The minimum Gasteiger partial charge on any atom is -0.481 e. The largest absolute Gasteiger partial charge is 0.481 e. The van der Waals surface area contributed by atoms with Gasteiger partial charge >= 0.3 is 5.97 Å². The summed E-state index contributed by atoms with van der Waals surface area (Å²) < 4.78 is 1.54. The molecule has 0 radical (unpaired) electrons. The summed E-state index contributed by atoms with van der Waals surface area (Å²) in [7, 11) is 1.72. The zero-order chi connectivity index (χ0) is 14.6. The number of carbonyl (C=O) groups excluding carboxylic acids is 1. The standard InChI is InChI=1S/C13H21N3O3/c1-5-9-8-10(16(4)15-9)12(19)14-13(2,3)7-6-11(17)18/h8H,5-7H2,1-4H3,(H,14,19)(H,17,18). The van der Waals surface area contributed by atoms with E-state index in [0.717, 1.165) is 12.1 Å². The number of aromatic nitrogens is 2. The van der Waals surface area contributed by atoms with E-state index in [1.165, 1.54) is 0 Å². The Kier molecular flexibility index (Phi) is 4.69. The van der Waals surface area contributed by atoms with Crippen LogP contribution in [0, 0.1) is 0 Å². The van der Waals surface area contributed by atoms with E-state index in [9.17, 15) is 9.59 Å². The molecule has 6 heteroatoms. The summed E-state index contributed by atoms with van der Waals surface area (Å²) in [6.45, 7) is 5.59. The number of hydrogen-bond acceptors (Lipinski definition) is 3. The van der Waals surface area contributed by atoms with Gasteiger partial charge in [-0.25, -0.2) is 0 Å². The first-order chi connectivity index (χ1) is 8.75. The molecule has 0 atom stereocenters. The molecule has 0 saturated carbocycles. The maximum atomic E-state index is 12.1. The summed E-state index contributed by atoms with van der Waals surface area (Å²) in [5.74, 6) is -1.10. The van der Waals surface area contributed by atoms with Crippen molar-refractivity contribution in [3.8, 4) is 0 Å². The maximum Gasteiger partial charge on any atom is 0.303 e. The fraction of sp³-hybridized carbons (Fsp3) is 0.615. The van der Waals surface area contributed by atoms with Crippen LogP contribution in [-0.4, -0.2) is 32.3 Å². The molecule has 0 aliphatic heterocycles. The third kappa shape index (κ3) is 4.39. The van der Waals surface area contributed by atoms with Gasteiger partial charge in [0.05, 0.1) is 5.69 Å². The van der Waals surface area contributed by atoms with Crippen LogP contribution in [0.3, 0.4) is 0 Å². The predicted molar refractivity (Wildman–Crippen MR) is 71.0 cm³/mol. The molecule has 0 saturated heterocycles. The number of aryl methyl sites for hydroxylation is 2. The molecule has 2 N–H and O–H groups in total. The molecule has 0 fully saturated rings. The first-order valence-electron chi connectivity index (χ1n) is 6.32. The molecular weight excluding hydrogens is 246 g/mol. The Morgan fingerprint density at radius 3 is 2.58 bits per heavy atom. The van der Waals surface area contributed by atoms with Gasteiger partial charge in [0.2, 0.25) is 0 Å². The van der Waals surface area contributed by atoms with Crippen LogP contribution in [0.1, 0.15) is 49.8 Å². The van der Waals surface area contributed by atoms with Crippen molar-refractivity contribution >= 4 is 11.9 Å². The van der Waals surface area contributed by atoms with E-state index in [2.05, 4.69) is 10.4 Å². The quantitative estimate of drug-likeness (QED) is 0.815.